The van der Waals surface area contributed by atoms with E-state index in [2.05, 4.69) is 241 Å². The number of aromatic nitrogens is 1. The number of hydrogen-bond donors (Lipinski definition) is 0. The summed E-state index contributed by atoms with van der Waals surface area (Å²) in [5.74, 6) is 0. The molecule has 0 unspecified atom stereocenters. The molecule has 0 radical (unpaired) electrons. The van der Waals surface area contributed by atoms with Gasteiger partial charge in [-0.05, 0) is 156 Å². The molecule has 0 aliphatic rings. The molecule has 71 heavy (non-hydrogen) atoms. The van der Waals surface area contributed by atoms with E-state index < -0.39 is 0 Å². The van der Waals surface area contributed by atoms with Crippen molar-refractivity contribution in [2.75, 3.05) is 0 Å². The lowest BCUT2D eigenvalue weighted by molar-refractivity contribution is 0.668. The van der Waals surface area contributed by atoms with Gasteiger partial charge in [-0.3, -0.25) is 0 Å². The van der Waals surface area contributed by atoms with Crippen LogP contribution >= 0.6 is 0 Å². The maximum absolute atomic E-state index is 6.42. The number of furan rings is 2. The zero-order valence-corrected chi connectivity index (χ0v) is 38.4. The van der Waals surface area contributed by atoms with Crippen LogP contribution in [-0.4, -0.2) is 4.57 Å². The number of hydrogen-bond acceptors (Lipinski definition) is 2. The molecule has 3 heteroatoms. The minimum Gasteiger partial charge on any atom is -0.456 e. The van der Waals surface area contributed by atoms with Crippen LogP contribution in [0, 0.1) is 0 Å². The Hall–Kier alpha value is -9.44. The third-order valence-corrected chi connectivity index (χ3v) is 14.8. The van der Waals surface area contributed by atoms with Crippen molar-refractivity contribution in [1.82, 2.24) is 4.57 Å². The molecule has 15 aromatic rings. The van der Waals surface area contributed by atoms with Gasteiger partial charge in [0.1, 0.15) is 22.3 Å². The SMILES string of the molecule is c1ccc(-c2ccc3oc4ccc(-c5ccc6c(c5)c5cc(-c7ccc8oc9ccccc9c8c7)ccc5n6-c5cccc(-c6c7ccccc7c(-c7ccccc7)c7ccccc67)c5)cc4c3c2)cc1. The van der Waals surface area contributed by atoms with E-state index in [9.17, 15) is 0 Å². The number of benzene rings is 12. The molecule has 0 fully saturated rings. The summed E-state index contributed by atoms with van der Waals surface area (Å²) >= 11 is 0. The Bertz CT molecular complexity index is 4570. The van der Waals surface area contributed by atoms with Crippen LogP contribution in [0.25, 0.3) is 149 Å². The average Bonchev–Trinajstić information content (AvgIpc) is 4.11. The summed E-state index contributed by atoms with van der Waals surface area (Å²) in [6, 6.07) is 90.3. The maximum atomic E-state index is 6.42. The monoisotopic (exact) mass is 903 g/mol. The number of para-hydroxylation sites is 1. The van der Waals surface area contributed by atoms with Crippen molar-refractivity contribution in [3.8, 4) is 61.3 Å². The minimum absolute atomic E-state index is 0.883. The zero-order valence-electron chi connectivity index (χ0n) is 38.4. The molecule has 330 valence electrons. The van der Waals surface area contributed by atoms with Crippen LogP contribution in [0.3, 0.4) is 0 Å². The molecule has 0 bridgehead atoms. The normalized spacial score (nSPS) is 11.9. The molecule has 0 amide bonds. The fourth-order valence-electron chi connectivity index (χ4n) is 11.5. The fraction of sp³-hybridized carbons (Fsp3) is 0. The van der Waals surface area contributed by atoms with Gasteiger partial charge in [0, 0.05) is 38.0 Å². The predicted molar refractivity (Wildman–Crippen MR) is 298 cm³/mol. The van der Waals surface area contributed by atoms with E-state index >= 15 is 0 Å². The highest BCUT2D eigenvalue weighted by Crippen LogP contribution is 2.45. The summed E-state index contributed by atoms with van der Waals surface area (Å²) in [6.07, 6.45) is 0. The molecule has 12 aromatic carbocycles. The minimum atomic E-state index is 0.883. The average molecular weight is 904 g/mol. The molecule has 3 nitrogen and oxygen atoms in total. The second-order valence-corrected chi connectivity index (χ2v) is 18.8. The summed E-state index contributed by atoms with van der Waals surface area (Å²) in [6.45, 7) is 0. The maximum Gasteiger partial charge on any atom is 0.135 e. The predicted octanol–water partition coefficient (Wildman–Crippen LogP) is 19.2. The molecule has 3 aromatic heterocycles. The Labute approximate surface area is 408 Å². The first kappa shape index (κ1) is 39.5. The lowest BCUT2D eigenvalue weighted by Crippen LogP contribution is -1.95. The number of rotatable bonds is 6. The quantitative estimate of drug-likeness (QED) is 0.156. The van der Waals surface area contributed by atoms with Crippen LogP contribution in [0.5, 0.6) is 0 Å². The summed E-state index contributed by atoms with van der Waals surface area (Å²) in [4.78, 5) is 0. The van der Waals surface area contributed by atoms with Crippen LogP contribution in [-0.2, 0) is 0 Å². The molecule has 0 saturated carbocycles. The van der Waals surface area contributed by atoms with Gasteiger partial charge in [0.2, 0.25) is 0 Å². The highest BCUT2D eigenvalue weighted by molar-refractivity contribution is 6.22. The van der Waals surface area contributed by atoms with E-state index in [4.69, 9.17) is 8.83 Å². The van der Waals surface area contributed by atoms with Crippen molar-refractivity contribution < 1.29 is 8.83 Å². The van der Waals surface area contributed by atoms with Crippen molar-refractivity contribution in [2.24, 2.45) is 0 Å². The third kappa shape index (κ3) is 6.23. The Kier molecular flexibility index (Phi) is 8.66. The van der Waals surface area contributed by atoms with Gasteiger partial charge in [0.25, 0.3) is 0 Å². The smallest absolute Gasteiger partial charge is 0.135 e. The van der Waals surface area contributed by atoms with E-state index in [-0.39, 0.29) is 0 Å². The zero-order chi connectivity index (χ0) is 46.6. The van der Waals surface area contributed by atoms with Gasteiger partial charge in [0.05, 0.1) is 11.0 Å². The molecule has 0 spiro atoms. The van der Waals surface area contributed by atoms with Crippen LogP contribution in [0.15, 0.2) is 258 Å². The van der Waals surface area contributed by atoms with Gasteiger partial charge in [-0.2, -0.15) is 0 Å². The van der Waals surface area contributed by atoms with E-state index in [1.807, 2.05) is 12.1 Å². The highest BCUT2D eigenvalue weighted by Gasteiger charge is 2.20. The Morgan fingerprint density at radius 2 is 0.577 bits per heavy atom. The van der Waals surface area contributed by atoms with Crippen molar-refractivity contribution in [2.45, 2.75) is 0 Å². The molecule has 0 aliphatic carbocycles. The molecule has 15 rings (SSSR count). The van der Waals surface area contributed by atoms with Gasteiger partial charge in [0.15, 0.2) is 0 Å². The molecule has 0 aliphatic heterocycles. The summed E-state index contributed by atoms with van der Waals surface area (Å²) in [7, 11) is 0. The first-order chi connectivity index (χ1) is 35.2. The Balaban J connectivity index is 0.935. The topological polar surface area (TPSA) is 31.2 Å². The summed E-state index contributed by atoms with van der Waals surface area (Å²) < 4.78 is 15.1. The van der Waals surface area contributed by atoms with Crippen molar-refractivity contribution >= 4 is 87.2 Å². The van der Waals surface area contributed by atoms with E-state index in [0.717, 1.165) is 82.9 Å². The fourth-order valence-corrected chi connectivity index (χ4v) is 11.5. The molecule has 0 saturated heterocycles. The number of nitrogens with zero attached hydrogens (tertiary/aromatic N) is 1. The first-order valence-corrected chi connectivity index (χ1v) is 24.3. The van der Waals surface area contributed by atoms with Gasteiger partial charge in [-0.15, -0.1) is 0 Å². The van der Waals surface area contributed by atoms with Gasteiger partial charge < -0.3 is 13.4 Å². The molecular formula is C68H41NO2. The Morgan fingerprint density at radius 3 is 1.10 bits per heavy atom. The number of fused-ring (bicyclic) bond motifs is 11. The molecule has 0 atom stereocenters. The largest absolute Gasteiger partial charge is 0.456 e. The lowest BCUT2D eigenvalue weighted by Gasteiger charge is -2.18. The van der Waals surface area contributed by atoms with E-state index in [0.29, 0.717) is 0 Å². The van der Waals surface area contributed by atoms with Crippen molar-refractivity contribution in [3.63, 3.8) is 0 Å². The van der Waals surface area contributed by atoms with Crippen molar-refractivity contribution in [3.05, 3.63) is 249 Å². The van der Waals surface area contributed by atoms with Gasteiger partial charge in [-0.25, -0.2) is 0 Å². The lowest BCUT2D eigenvalue weighted by atomic mass is 9.86. The summed E-state index contributed by atoms with van der Waals surface area (Å²) in [5, 5.41) is 11.8. The van der Waals surface area contributed by atoms with Gasteiger partial charge >= 0.3 is 0 Å². The van der Waals surface area contributed by atoms with Crippen molar-refractivity contribution in [1.29, 1.82) is 0 Å². The van der Waals surface area contributed by atoms with Crippen LogP contribution < -0.4 is 0 Å². The van der Waals surface area contributed by atoms with Crippen LogP contribution in [0.1, 0.15) is 0 Å². The molecular weight excluding hydrogens is 863 g/mol. The van der Waals surface area contributed by atoms with Crippen LogP contribution in [0.2, 0.25) is 0 Å². The Morgan fingerprint density at radius 1 is 0.211 bits per heavy atom. The highest BCUT2D eigenvalue weighted by atomic mass is 16.3. The standard InChI is InChI=1S/C68H41NO2/c1-3-14-42(15-4-1)44-28-33-65-59(39-44)60-41-48(30-35-66(60)71-65)46-27-32-62-57(38-46)56-37-45(47-29-34-64-58(40-47)51-20-11-12-25-63(51)70-64)26-31-61(56)69(62)50-19-13-18-49(36-50)68-54-23-9-7-21-52(54)67(43-16-5-2-6-17-43)53-22-8-10-24-55(53)68/h1-41H. The van der Waals surface area contributed by atoms with Gasteiger partial charge in [-0.1, -0.05) is 170 Å². The molecule has 0 N–H and O–H groups in total. The summed E-state index contributed by atoms with van der Waals surface area (Å²) in [5.41, 5.74) is 18.8. The van der Waals surface area contributed by atoms with Crippen LogP contribution in [0.4, 0.5) is 0 Å². The van der Waals surface area contributed by atoms with E-state index in [1.54, 1.807) is 0 Å². The van der Waals surface area contributed by atoms with E-state index in [1.165, 1.54) is 65.7 Å². The molecule has 3 heterocycles. The second-order valence-electron chi connectivity index (χ2n) is 18.8. The third-order valence-electron chi connectivity index (χ3n) is 14.8. The second kappa shape index (κ2) is 15.5. The first-order valence-electron chi connectivity index (χ1n) is 24.3.